The average molecular weight is 341 g/mol. The number of nitrogens with one attached hydrogen (secondary N) is 1. The minimum atomic E-state index is -0.968. The Kier molecular flexibility index (Phi) is 4.57. The van der Waals surface area contributed by atoms with Gasteiger partial charge in [0, 0.05) is 18.4 Å². The fraction of sp³-hybridized carbons (Fsp3) is 0.300. The highest BCUT2D eigenvalue weighted by Gasteiger charge is 2.52. The normalized spacial score (nSPS) is 21.6. The molecule has 1 aliphatic rings. The molecule has 4 nitrogen and oxygen atoms in total. The second-order valence-corrected chi connectivity index (χ2v) is 6.87. The molecule has 2 atom stereocenters. The van der Waals surface area contributed by atoms with Gasteiger partial charge < -0.3 is 10.4 Å². The maximum Gasteiger partial charge on any atom is 0.335 e. The van der Waals surface area contributed by atoms with Crippen LogP contribution in [0.1, 0.15) is 35.7 Å². The molecule has 2 N–H and O–H groups in total. The third-order valence-electron chi connectivity index (χ3n) is 4.67. The van der Waals surface area contributed by atoms with E-state index in [1.807, 2.05) is 30.3 Å². The first-order valence-corrected chi connectivity index (χ1v) is 8.21. The lowest BCUT2D eigenvalue weighted by atomic mass is 10.0. The molecule has 0 spiro atoms. The number of rotatable bonds is 6. The van der Waals surface area contributed by atoms with Crippen LogP contribution in [-0.4, -0.2) is 23.2 Å². The zero-order valence-electron chi connectivity index (χ0n) is 14.0. The van der Waals surface area contributed by atoms with Crippen molar-refractivity contribution in [2.45, 2.75) is 32.5 Å². The topological polar surface area (TPSA) is 66.4 Å². The monoisotopic (exact) mass is 341 g/mol. The smallest absolute Gasteiger partial charge is 0.335 e. The van der Waals surface area contributed by atoms with Gasteiger partial charge in [0.1, 0.15) is 6.17 Å². The Labute approximate surface area is 145 Å². The van der Waals surface area contributed by atoms with E-state index in [0.29, 0.717) is 13.0 Å². The molecular weight excluding hydrogens is 321 g/mol. The summed E-state index contributed by atoms with van der Waals surface area (Å²) in [6, 6.07) is 14.3. The van der Waals surface area contributed by atoms with Gasteiger partial charge in [-0.25, -0.2) is 9.18 Å². The standard InChI is InChI=1S/C20H20FNO3/c1-20(10-17(20)21)11-18(23)22-12-13-4-2-5-14(8-13)15-6-3-7-16(9-15)19(24)25/h2-9,17H,10-12H2,1H3,(H,22,23)(H,24,25). The molecule has 1 fully saturated rings. The molecule has 5 heteroatoms. The first-order chi connectivity index (χ1) is 11.9. The van der Waals surface area contributed by atoms with Gasteiger partial charge in [-0.05, 0) is 41.3 Å². The molecule has 130 valence electrons. The van der Waals surface area contributed by atoms with Crippen LogP contribution >= 0.6 is 0 Å². The molecule has 25 heavy (non-hydrogen) atoms. The van der Waals surface area contributed by atoms with Crippen molar-refractivity contribution >= 4 is 11.9 Å². The van der Waals surface area contributed by atoms with E-state index in [-0.39, 0.29) is 17.9 Å². The van der Waals surface area contributed by atoms with Gasteiger partial charge in [0.15, 0.2) is 0 Å². The average Bonchev–Trinajstić information content (AvgIpc) is 3.19. The molecule has 1 saturated carbocycles. The first-order valence-electron chi connectivity index (χ1n) is 8.21. The fourth-order valence-electron chi connectivity index (χ4n) is 2.86. The number of hydrogen-bond donors (Lipinski definition) is 2. The molecule has 0 aliphatic heterocycles. The van der Waals surface area contributed by atoms with Gasteiger partial charge in [-0.1, -0.05) is 37.3 Å². The Balaban J connectivity index is 1.66. The predicted octanol–water partition coefficient (Wildman–Crippen LogP) is 3.81. The number of amides is 1. The zero-order valence-corrected chi connectivity index (χ0v) is 14.0. The second-order valence-electron chi connectivity index (χ2n) is 6.87. The number of carboxylic acid groups (broad SMARTS) is 1. The lowest BCUT2D eigenvalue weighted by Crippen LogP contribution is -2.25. The van der Waals surface area contributed by atoms with Crippen molar-refractivity contribution in [1.82, 2.24) is 5.32 Å². The van der Waals surface area contributed by atoms with Crippen LogP contribution in [0.3, 0.4) is 0 Å². The summed E-state index contributed by atoms with van der Waals surface area (Å²) in [5.74, 6) is -1.12. The van der Waals surface area contributed by atoms with E-state index in [1.54, 1.807) is 25.1 Å². The molecule has 0 bridgehead atoms. The molecule has 0 radical (unpaired) electrons. The van der Waals surface area contributed by atoms with E-state index in [1.165, 1.54) is 0 Å². The number of aromatic carboxylic acids is 1. The van der Waals surface area contributed by atoms with Crippen molar-refractivity contribution in [3.05, 3.63) is 59.7 Å². The summed E-state index contributed by atoms with van der Waals surface area (Å²) < 4.78 is 13.2. The van der Waals surface area contributed by atoms with Gasteiger partial charge in [-0.2, -0.15) is 0 Å². The maximum absolute atomic E-state index is 13.2. The van der Waals surface area contributed by atoms with Crippen LogP contribution in [0.25, 0.3) is 11.1 Å². The molecule has 1 aliphatic carbocycles. The van der Waals surface area contributed by atoms with E-state index in [9.17, 15) is 14.0 Å². The van der Waals surface area contributed by atoms with Gasteiger partial charge in [0.05, 0.1) is 5.56 Å². The number of hydrogen-bond acceptors (Lipinski definition) is 2. The van der Waals surface area contributed by atoms with Gasteiger partial charge in [-0.3, -0.25) is 4.79 Å². The van der Waals surface area contributed by atoms with Crippen LogP contribution in [-0.2, 0) is 11.3 Å². The molecule has 2 aromatic rings. The van der Waals surface area contributed by atoms with E-state index in [4.69, 9.17) is 5.11 Å². The van der Waals surface area contributed by atoms with Crippen LogP contribution in [0.15, 0.2) is 48.5 Å². The van der Waals surface area contributed by atoms with Crippen molar-refractivity contribution in [3.8, 4) is 11.1 Å². The van der Waals surface area contributed by atoms with E-state index >= 15 is 0 Å². The van der Waals surface area contributed by atoms with Crippen molar-refractivity contribution in [3.63, 3.8) is 0 Å². The minimum absolute atomic E-state index is 0.152. The van der Waals surface area contributed by atoms with E-state index < -0.39 is 17.6 Å². The molecule has 0 aromatic heterocycles. The van der Waals surface area contributed by atoms with E-state index in [2.05, 4.69) is 5.32 Å². The number of alkyl halides is 1. The van der Waals surface area contributed by atoms with E-state index in [0.717, 1.165) is 16.7 Å². The molecule has 0 heterocycles. The largest absolute Gasteiger partial charge is 0.478 e. The van der Waals surface area contributed by atoms with Gasteiger partial charge in [0.25, 0.3) is 0 Å². The first kappa shape index (κ1) is 17.1. The molecule has 2 aromatic carbocycles. The lowest BCUT2D eigenvalue weighted by molar-refractivity contribution is -0.122. The Morgan fingerprint density at radius 2 is 1.84 bits per heavy atom. The number of benzene rings is 2. The summed E-state index contributed by atoms with van der Waals surface area (Å²) >= 11 is 0. The molecule has 3 rings (SSSR count). The second kappa shape index (κ2) is 6.67. The van der Waals surface area contributed by atoms with Crippen LogP contribution < -0.4 is 5.32 Å². The number of carbonyl (C=O) groups excluding carboxylic acids is 1. The highest BCUT2D eigenvalue weighted by Crippen LogP contribution is 2.50. The minimum Gasteiger partial charge on any atom is -0.478 e. The summed E-state index contributed by atoms with van der Waals surface area (Å²) in [5.41, 5.74) is 2.33. The summed E-state index contributed by atoms with van der Waals surface area (Å²) in [4.78, 5) is 23.0. The van der Waals surface area contributed by atoms with Gasteiger partial charge >= 0.3 is 5.97 Å². The van der Waals surface area contributed by atoms with Crippen LogP contribution in [0.4, 0.5) is 4.39 Å². The van der Waals surface area contributed by atoms with Gasteiger partial charge in [-0.15, -0.1) is 0 Å². The summed E-state index contributed by atoms with van der Waals surface area (Å²) in [7, 11) is 0. The summed E-state index contributed by atoms with van der Waals surface area (Å²) in [6.07, 6.45) is -0.215. The van der Waals surface area contributed by atoms with Crippen molar-refractivity contribution in [2.75, 3.05) is 0 Å². The Hall–Kier alpha value is -2.69. The van der Waals surface area contributed by atoms with Crippen molar-refractivity contribution in [2.24, 2.45) is 5.41 Å². The molecule has 2 unspecified atom stereocenters. The number of carboxylic acids is 1. The predicted molar refractivity (Wildman–Crippen MR) is 92.9 cm³/mol. The summed E-state index contributed by atoms with van der Waals surface area (Å²) in [6.45, 7) is 2.14. The maximum atomic E-state index is 13.2. The van der Waals surface area contributed by atoms with Crippen molar-refractivity contribution in [1.29, 1.82) is 0 Å². The third-order valence-corrected chi connectivity index (χ3v) is 4.67. The Bertz CT molecular complexity index is 820. The number of halogens is 1. The zero-order chi connectivity index (χ0) is 18.0. The SMILES string of the molecule is CC1(CC(=O)NCc2cccc(-c3cccc(C(=O)O)c3)c2)CC1F. The highest BCUT2D eigenvalue weighted by atomic mass is 19.1. The Morgan fingerprint density at radius 3 is 2.48 bits per heavy atom. The van der Waals surface area contributed by atoms with Crippen LogP contribution in [0, 0.1) is 5.41 Å². The number of carbonyl (C=O) groups is 2. The summed E-state index contributed by atoms with van der Waals surface area (Å²) in [5, 5.41) is 11.9. The molecule has 0 saturated heterocycles. The molecule has 1 amide bonds. The molecular formula is C20H20FNO3. The lowest BCUT2D eigenvalue weighted by Gasteiger charge is -2.10. The Morgan fingerprint density at radius 1 is 1.20 bits per heavy atom. The van der Waals surface area contributed by atoms with Crippen LogP contribution in [0.2, 0.25) is 0 Å². The van der Waals surface area contributed by atoms with Crippen LogP contribution in [0.5, 0.6) is 0 Å². The van der Waals surface area contributed by atoms with Gasteiger partial charge in [0.2, 0.25) is 5.91 Å². The fourth-order valence-corrected chi connectivity index (χ4v) is 2.86. The highest BCUT2D eigenvalue weighted by molar-refractivity contribution is 5.89. The van der Waals surface area contributed by atoms with Crippen molar-refractivity contribution < 1.29 is 19.1 Å². The third kappa shape index (κ3) is 4.05. The quantitative estimate of drug-likeness (QED) is 0.840.